The molecule has 10 rings (SSSR count). The molecule has 250 valence electrons. The van der Waals surface area contributed by atoms with E-state index in [1.54, 1.807) is 0 Å². The lowest BCUT2D eigenvalue weighted by atomic mass is 9.84. The van der Waals surface area contributed by atoms with Gasteiger partial charge in [-0.3, -0.25) is 0 Å². The fourth-order valence-corrected chi connectivity index (χ4v) is 8.36. The van der Waals surface area contributed by atoms with Gasteiger partial charge in [0.15, 0.2) is 0 Å². The molecule has 0 bridgehead atoms. The van der Waals surface area contributed by atoms with Gasteiger partial charge in [0.2, 0.25) is 0 Å². The summed E-state index contributed by atoms with van der Waals surface area (Å²) >= 11 is 0. The summed E-state index contributed by atoms with van der Waals surface area (Å²) in [5.41, 5.74) is 16.2. The Morgan fingerprint density at radius 1 is 0.283 bits per heavy atom. The summed E-state index contributed by atoms with van der Waals surface area (Å²) in [5.74, 6) is 0. The second-order valence-electron chi connectivity index (χ2n) is 14.2. The maximum atomic E-state index is 2.40. The van der Waals surface area contributed by atoms with Gasteiger partial charge in [-0.1, -0.05) is 158 Å². The van der Waals surface area contributed by atoms with Gasteiger partial charge in [-0.25, -0.2) is 0 Å². The number of aryl methyl sites for hydroxylation is 2. The second-order valence-corrected chi connectivity index (χ2v) is 14.2. The molecule has 53 heavy (non-hydrogen) atoms. The van der Waals surface area contributed by atoms with Crippen LogP contribution in [0.5, 0.6) is 0 Å². The zero-order chi connectivity index (χ0) is 35.5. The van der Waals surface area contributed by atoms with Crippen LogP contribution in [0.25, 0.3) is 93.5 Å². The zero-order valence-corrected chi connectivity index (χ0v) is 29.8. The van der Waals surface area contributed by atoms with E-state index in [9.17, 15) is 0 Å². The summed E-state index contributed by atoms with van der Waals surface area (Å²) in [6.07, 6.45) is 0. The molecule has 1 aromatic heterocycles. The molecule has 0 aliphatic heterocycles. The minimum atomic E-state index is 1.18. The highest BCUT2D eigenvalue weighted by Crippen LogP contribution is 2.45. The Bertz CT molecular complexity index is 2970. The highest BCUT2D eigenvalue weighted by Gasteiger charge is 2.19. The fraction of sp³-hybridized carbons (Fsp3) is 0.0385. The summed E-state index contributed by atoms with van der Waals surface area (Å²) in [7, 11) is 0. The topological polar surface area (TPSA) is 4.93 Å². The van der Waals surface area contributed by atoms with Crippen molar-refractivity contribution in [1.29, 1.82) is 0 Å². The van der Waals surface area contributed by atoms with Gasteiger partial charge in [-0.05, 0) is 121 Å². The first kappa shape index (κ1) is 31.1. The Kier molecular flexibility index (Phi) is 7.33. The molecule has 0 saturated heterocycles. The number of aromatic nitrogens is 1. The lowest BCUT2D eigenvalue weighted by molar-refractivity contribution is 1.18. The molecule has 0 atom stereocenters. The van der Waals surface area contributed by atoms with Crippen molar-refractivity contribution in [3.8, 4) is 50.2 Å². The summed E-state index contributed by atoms with van der Waals surface area (Å²) < 4.78 is 2.37. The average Bonchev–Trinajstić information content (AvgIpc) is 3.55. The third-order valence-electron chi connectivity index (χ3n) is 11.1. The highest BCUT2D eigenvalue weighted by atomic mass is 15.0. The van der Waals surface area contributed by atoms with Crippen molar-refractivity contribution >= 4 is 43.4 Å². The average molecular weight is 676 g/mol. The number of rotatable bonds is 5. The van der Waals surface area contributed by atoms with Crippen molar-refractivity contribution < 1.29 is 0 Å². The SMILES string of the molecule is Cc1cc2c(-c3ccc(-c4ccccc4)cc3)c3ccccc3c(-c3ccc(-c4ccc5c(c4)c4ccccc4n5-c4ccccc4)cc3)c2cc1C. The molecule has 0 fully saturated rings. The molecule has 0 saturated carbocycles. The van der Waals surface area contributed by atoms with Crippen LogP contribution in [-0.4, -0.2) is 4.57 Å². The molecule has 0 radical (unpaired) electrons. The van der Waals surface area contributed by atoms with Gasteiger partial charge in [0.1, 0.15) is 0 Å². The quantitative estimate of drug-likeness (QED) is 0.160. The predicted octanol–water partition coefficient (Wildman–Crippen LogP) is 14.4. The Hall–Kier alpha value is -6.70. The molecule has 9 aromatic carbocycles. The van der Waals surface area contributed by atoms with Gasteiger partial charge in [-0.2, -0.15) is 0 Å². The van der Waals surface area contributed by atoms with Gasteiger partial charge in [0, 0.05) is 16.5 Å². The van der Waals surface area contributed by atoms with Crippen LogP contribution in [0.2, 0.25) is 0 Å². The van der Waals surface area contributed by atoms with E-state index in [0.29, 0.717) is 0 Å². The van der Waals surface area contributed by atoms with Crippen LogP contribution in [0.1, 0.15) is 11.1 Å². The van der Waals surface area contributed by atoms with Crippen LogP contribution >= 0.6 is 0 Å². The fourth-order valence-electron chi connectivity index (χ4n) is 8.36. The Morgan fingerprint density at radius 3 is 1.28 bits per heavy atom. The van der Waals surface area contributed by atoms with Crippen LogP contribution in [0.3, 0.4) is 0 Å². The van der Waals surface area contributed by atoms with E-state index in [-0.39, 0.29) is 0 Å². The molecule has 0 unspecified atom stereocenters. The predicted molar refractivity (Wildman–Crippen MR) is 227 cm³/mol. The van der Waals surface area contributed by atoms with E-state index in [1.165, 1.54) is 105 Å². The Balaban J connectivity index is 1.12. The first-order valence-electron chi connectivity index (χ1n) is 18.4. The van der Waals surface area contributed by atoms with Crippen molar-refractivity contribution in [2.45, 2.75) is 13.8 Å². The van der Waals surface area contributed by atoms with Gasteiger partial charge in [0.05, 0.1) is 11.0 Å². The lowest BCUT2D eigenvalue weighted by Crippen LogP contribution is -1.93. The van der Waals surface area contributed by atoms with E-state index in [0.717, 1.165) is 0 Å². The van der Waals surface area contributed by atoms with Gasteiger partial charge < -0.3 is 4.57 Å². The van der Waals surface area contributed by atoms with Crippen molar-refractivity contribution in [2.24, 2.45) is 0 Å². The monoisotopic (exact) mass is 675 g/mol. The number of para-hydroxylation sites is 2. The minimum Gasteiger partial charge on any atom is -0.309 e. The summed E-state index contributed by atoms with van der Waals surface area (Å²) in [6, 6.07) is 69.0. The molecular formula is C52H37N. The van der Waals surface area contributed by atoms with Crippen LogP contribution < -0.4 is 0 Å². The van der Waals surface area contributed by atoms with Crippen molar-refractivity contribution in [2.75, 3.05) is 0 Å². The third kappa shape index (κ3) is 5.16. The first-order valence-corrected chi connectivity index (χ1v) is 18.4. The number of benzene rings is 9. The number of fused-ring (bicyclic) bond motifs is 5. The maximum Gasteiger partial charge on any atom is 0.0541 e. The number of nitrogens with zero attached hydrogens (tertiary/aromatic N) is 1. The maximum absolute atomic E-state index is 2.40. The van der Waals surface area contributed by atoms with E-state index >= 15 is 0 Å². The Labute approximate surface area is 310 Å². The standard InChI is InChI=1S/C52H37N/c1-34-31-47-48(32-35(34)2)52(45-19-10-9-18-44(45)51(47)39-25-21-37(22-26-39)36-13-5-3-6-14-36)40-27-23-38(24-28-40)41-29-30-50-46(33-41)43-17-11-12-20-49(43)53(50)42-15-7-4-8-16-42/h3-33H,1-2H3. The molecule has 1 nitrogen and oxygen atoms in total. The van der Waals surface area contributed by atoms with Gasteiger partial charge >= 0.3 is 0 Å². The summed E-state index contributed by atoms with van der Waals surface area (Å²) in [5, 5.41) is 7.66. The van der Waals surface area contributed by atoms with Crippen molar-refractivity contribution in [3.63, 3.8) is 0 Å². The molecule has 0 amide bonds. The molecule has 0 aliphatic carbocycles. The Morgan fingerprint density at radius 2 is 0.698 bits per heavy atom. The molecule has 1 heterocycles. The molecule has 1 heteroatoms. The molecule has 0 N–H and O–H groups in total. The molecule has 10 aromatic rings. The number of hydrogen-bond donors (Lipinski definition) is 0. The smallest absolute Gasteiger partial charge is 0.0541 e. The zero-order valence-electron chi connectivity index (χ0n) is 29.8. The van der Waals surface area contributed by atoms with Crippen LogP contribution in [0.15, 0.2) is 188 Å². The van der Waals surface area contributed by atoms with Crippen LogP contribution in [-0.2, 0) is 0 Å². The van der Waals surface area contributed by atoms with Crippen molar-refractivity contribution in [1.82, 2.24) is 4.57 Å². The van der Waals surface area contributed by atoms with E-state index in [4.69, 9.17) is 0 Å². The summed E-state index contributed by atoms with van der Waals surface area (Å²) in [4.78, 5) is 0. The first-order chi connectivity index (χ1) is 26.1. The van der Waals surface area contributed by atoms with Crippen LogP contribution in [0, 0.1) is 13.8 Å². The molecule has 0 spiro atoms. The van der Waals surface area contributed by atoms with E-state index in [1.807, 2.05) is 0 Å². The molecular weight excluding hydrogens is 639 g/mol. The van der Waals surface area contributed by atoms with Gasteiger partial charge in [0.25, 0.3) is 0 Å². The number of hydrogen-bond acceptors (Lipinski definition) is 0. The third-order valence-corrected chi connectivity index (χ3v) is 11.1. The van der Waals surface area contributed by atoms with E-state index in [2.05, 4.69) is 206 Å². The van der Waals surface area contributed by atoms with Crippen molar-refractivity contribution in [3.05, 3.63) is 199 Å². The van der Waals surface area contributed by atoms with Crippen LogP contribution in [0.4, 0.5) is 0 Å². The highest BCUT2D eigenvalue weighted by molar-refractivity contribution is 6.21. The summed E-state index contributed by atoms with van der Waals surface area (Å²) in [6.45, 7) is 4.46. The van der Waals surface area contributed by atoms with E-state index < -0.39 is 0 Å². The second kappa shape index (κ2) is 12.5. The largest absolute Gasteiger partial charge is 0.309 e. The lowest BCUT2D eigenvalue weighted by Gasteiger charge is -2.19. The normalized spacial score (nSPS) is 11.6. The molecule has 0 aliphatic rings. The minimum absolute atomic E-state index is 1.18. The van der Waals surface area contributed by atoms with Gasteiger partial charge in [-0.15, -0.1) is 0 Å².